The summed E-state index contributed by atoms with van der Waals surface area (Å²) in [5, 5.41) is 6.07. The largest absolute Gasteiger partial charge is 0.493 e. The Morgan fingerprint density at radius 2 is 1.95 bits per heavy atom. The minimum absolute atomic E-state index is 0.277. The first-order valence-electron chi connectivity index (χ1n) is 7.33. The molecule has 1 heterocycles. The number of ether oxygens (including phenoxy) is 3. The molecule has 1 aliphatic rings. The van der Waals surface area contributed by atoms with Crippen LogP contribution < -0.4 is 20.1 Å². The van der Waals surface area contributed by atoms with Crippen LogP contribution in [0.5, 0.6) is 11.5 Å². The smallest absolute Gasteiger partial charge is 0.412 e. The summed E-state index contributed by atoms with van der Waals surface area (Å²) in [4.78, 5) is 12.0. The second-order valence-corrected chi connectivity index (χ2v) is 6.23. The van der Waals surface area contributed by atoms with Crippen molar-refractivity contribution in [1.82, 2.24) is 5.32 Å². The zero-order valence-corrected chi connectivity index (χ0v) is 13.8. The summed E-state index contributed by atoms with van der Waals surface area (Å²) in [6.07, 6.45) is 0.535. The third kappa shape index (κ3) is 3.82. The van der Waals surface area contributed by atoms with Crippen molar-refractivity contribution in [3.63, 3.8) is 0 Å². The van der Waals surface area contributed by atoms with Gasteiger partial charge in [-0.2, -0.15) is 0 Å². The van der Waals surface area contributed by atoms with E-state index in [4.69, 9.17) is 14.2 Å². The van der Waals surface area contributed by atoms with Gasteiger partial charge in [-0.25, -0.2) is 4.79 Å². The van der Waals surface area contributed by atoms with Crippen molar-refractivity contribution >= 4 is 11.8 Å². The molecule has 0 spiro atoms. The molecule has 1 aliphatic heterocycles. The molecule has 0 aromatic heterocycles. The molecule has 6 nitrogen and oxygen atoms in total. The molecular weight excluding hydrogens is 284 g/mol. The Balaban J connectivity index is 2.28. The van der Waals surface area contributed by atoms with Crippen LogP contribution in [0.25, 0.3) is 0 Å². The molecular formula is C16H24N2O4. The lowest BCUT2D eigenvalue weighted by molar-refractivity contribution is 0.0635. The molecule has 1 fully saturated rings. The molecule has 1 unspecified atom stereocenters. The van der Waals surface area contributed by atoms with Gasteiger partial charge >= 0.3 is 6.09 Å². The van der Waals surface area contributed by atoms with Crippen LogP contribution in [0.4, 0.5) is 10.5 Å². The Morgan fingerprint density at radius 3 is 2.41 bits per heavy atom. The number of hydrogen-bond donors (Lipinski definition) is 2. The summed E-state index contributed by atoms with van der Waals surface area (Å²) in [6.45, 7) is 6.45. The average molecular weight is 308 g/mol. The van der Waals surface area contributed by atoms with E-state index >= 15 is 0 Å². The fraction of sp³-hybridized carbons (Fsp3) is 0.562. The highest BCUT2D eigenvalue weighted by atomic mass is 16.6. The van der Waals surface area contributed by atoms with E-state index < -0.39 is 11.7 Å². The Bertz CT molecular complexity index is 548. The number of hydrogen-bond acceptors (Lipinski definition) is 5. The van der Waals surface area contributed by atoms with Gasteiger partial charge in [0.1, 0.15) is 5.60 Å². The van der Waals surface area contributed by atoms with Gasteiger partial charge in [-0.1, -0.05) is 0 Å². The molecule has 2 N–H and O–H groups in total. The van der Waals surface area contributed by atoms with Crippen LogP contribution in [0.2, 0.25) is 0 Å². The van der Waals surface area contributed by atoms with Gasteiger partial charge in [-0.15, -0.1) is 0 Å². The Kier molecular flexibility index (Phi) is 4.81. The lowest BCUT2D eigenvalue weighted by Crippen LogP contribution is -2.35. The molecule has 122 valence electrons. The van der Waals surface area contributed by atoms with Crippen molar-refractivity contribution in [2.24, 2.45) is 0 Å². The number of nitrogens with one attached hydrogen (secondary N) is 2. The lowest BCUT2D eigenvalue weighted by atomic mass is 9.97. The van der Waals surface area contributed by atoms with Crippen LogP contribution in [-0.4, -0.2) is 32.5 Å². The first kappa shape index (κ1) is 16.4. The van der Waals surface area contributed by atoms with Crippen molar-refractivity contribution in [3.05, 3.63) is 17.7 Å². The topological polar surface area (TPSA) is 68.8 Å². The number of methoxy groups -OCH3 is 2. The van der Waals surface area contributed by atoms with Crippen molar-refractivity contribution in [2.45, 2.75) is 38.8 Å². The predicted octanol–water partition coefficient (Wildman–Crippen LogP) is 3.09. The molecule has 0 radical (unpaired) electrons. The molecule has 1 aromatic rings. The third-order valence-corrected chi connectivity index (χ3v) is 3.36. The molecule has 2 rings (SSSR count). The number of carbonyl (C=O) groups excluding carboxylic acids is 1. The molecule has 0 bridgehead atoms. The van der Waals surface area contributed by atoms with E-state index in [9.17, 15) is 4.79 Å². The number of benzene rings is 1. The van der Waals surface area contributed by atoms with Gasteiger partial charge in [0.05, 0.1) is 19.9 Å². The van der Waals surface area contributed by atoms with E-state index in [-0.39, 0.29) is 6.04 Å². The van der Waals surface area contributed by atoms with Gasteiger partial charge in [0, 0.05) is 6.04 Å². The van der Waals surface area contributed by atoms with Gasteiger partial charge < -0.3 is 19.5 Å². The SMILES string of the molecule is COc1cc(C2CCN2)cc(NC(=O)OC(C)(C)C)c1OC. The zero-order valence-electron chi connectivity index (χ0n) is 13.8. The summed E-state index contributed by atoms with van der Waals surface area (Å²) in [6, 6.07) is 4.09. The Hall–Kier alpha value is -1.95. The maximum Gasteiger partial charge on any atom is 0.412 e. The molecule has 1 amide bonds. The second-order valence-electron chi connectivity index (χ2n) is 6.23. The van der Waals surface area contributed by atoms with E-state index in [1.54, 1.807) is 14.2 Å². The first-order valence-corrected chi connectivity index (χ1v) is 7.33. The van der Waals surface area contributed by atoms with Crippen LogP contribution in [0, 0.1) is 0 Å². The van der Waals surface area contributed by atoms with Crippen molar-refractivity contribution in [2.75, 3.05) is 26.1 Å². The van der Waals surface area contributed by atoms with Crippen molar-refractivity contribution < 1.29 is 19.0 Å². The molecule has 0 aliphatic carbocycles. The van der Waals surface area contributed by atoms with E-state index in [1.807, 2.05) is 32.9 Å². The number of carbonyl (C=O) groups is 1. The minimum atomic E-state index is -0.561. The van der Waals surface area contributed by atoms with Crippen LogP contribution in [0.1, 0.15) is 38.8 Å². The minimum Gasteiger partial charge on any atom is -0.493 e. The fourth-order valence-electron chi connectivity index (χ4n) is 2.27. The summed E-state index contributed by atoms with van der Waals surface area (Å²) in [7, 11) is 3.12. The molecule has 1 aromatic carbocycles. The highest BCUT2D eigenvalue weighted by Crippen LogP contribution is 2.39. The summed E-state index contributed by atoms with van der Waals surface area (Å²) >= 11 is 0. The van der Waals surface area contributed by atoms with Crippen LogP contribution in [0.3, 0.4) is 0 Å². The van der Waals surface area contributed by atoms with E-state index in [1.165, 1.54) is 0 Å². The quantitative estimate of drug-likeness (QED) is 0.894. The summed E-state index contributed by atoms with van der Waals surface area (Å²) < 4.78 is 16.0. The third-order valence-electron chi connectivity index (χ3n) is 3.36. The van der Waals surface area contributed by atoms with E-state index in [0.29, 0.717) is 17.2 Å². The first-order chi connectivity index (χ1) is 10.3. The standard InChI is InChI=1S/C16H24N2O4/c1-16(2,3)22-15(19)18-12-8-10(11-6-7-17-11)9-13(20-4)14(12)21-5/h8-9,11,17H,6-7H2,1-5H3,(H,18,19). The predicted molar refractivity (Wildman–Crippen MR) is 84.8 cm³/mol. The maximum atomic E-state index is 12.0. The molecule has 1 saturated heterocycles. The zero-order chi connectivity index (χ0) is 16.3. The molecule has 1 atom stereocenters. The molecule has 6 heteroatoms. The van der Waals surface area contributed by atoms with E-state index in [2.05, 4.69) is 10.6 Å². The number of amides is 1. The summed E-state index contributed by atoms with van der Waals surface area (Å²) in [5.41, 5.74) is 1.03. The van der Waals surface area contributed by atoms with E-state index in [0.717, 1.165) is 18.5 Å². The highest BCUT2D eigenvalue weighted by molar-refractivity contribution is 5.88. The molecule has 22 heavy (non-hydrogen) atoms. The van der Waals surface area contributed by atoms with Gasteiger partial charge in [-0.05, 0) is 51.4 Å². The van der Waals surface area contributed by atoms with Crippen LogP contribution >= 0.6 is 0 Å². The maximum absolute atomic E-state index is 12.0. The molecule has 0 saturated carbocycles. The summed E-state index contributed by atoms with van der Waals surface area (Å²) in [5.74, 6) is 1.07. The highest BCUT2D eigenvalue weighted by Gasteiger charge is 2.24. The van der Waals surface area contributed by atoms with Gasteiger partial charge in [0.25, 0.3) is 0 Å². The lowest BCUT2D eigenvalue weighted by Gasteiger charge is -2.29. The number of anilines is 1. The van der Waals surface area contributed by atoms with Crippen molar-refractivity contribution in [3.8, 4) is 11.5 Å². The van der Waals surface area contributed by atoms with Gasteiger partial charge in [0.15, 0.2) is 11.5 Å². The van der Waals surface area contributed by atoms with Crippen molar-refractivity contribution in [1.29, 1.82) is 0 Å². The average Bonchev–Trinajstić information content (AvgIpc) is 2.33. The Morgan fingerprint density at radius 1 is 1.27 bits per heavy atom. The normalized spacial score (nSPS) is 17.4. The van der Waals surface area contributed by atoms with Gasteiger partial charge in [-0.3, -0.25) is 5.32 Å². The monoisotopic (exact) mass is 308 g/mol. The second kappa shape index (κ2) is 6.44. The number of rotatable bonds is 4. The van der Waals surface area contributed by atoms with Gasteiger partial charge in [0.2, 0.25) is 0 Å². The Labute approximate surface area is 131 Å². The fourth-order valence-corrected chi connectivity index (χ4v) is 2.27. The van der Waals surface area contributed by atoms with Crippen LogP contribution in [0.15, 0.2) is 12.1 Å². The van der Waals surface area contributed by atoms with Crippen LogP contribution in [-0.2, 0) is 4.74 Å².